The number of alkyl halides is 2. The lowest BCUT2D eigenvalue weighted by molar-refractivity contribution is 0.298. The third-order valence-corrected chi connectivity index (χ3v) is 4.28. The van der Waals surface area contributed by atoms with Crippen molar-refractivity contribution in [3.05, 3.63) is 54.5 Å². The second-order valence-electron chi connectivity index (χ2n) is 6.10. The molecular weight excluding hydrogens is 340 g/mol. The van der Waals surface area contributed by atoms with Crippen molar-refractivity contribution in [3.8, 4) is 22.7 Å². The van der Waals surface area contributed by atoms with Crippen LogP contribution in [0.1, 0.15) is 18.7 Å². The molecule has 0 saturated heterocycles. The maximum atomic E-state index is 13.7. The summed E-state index contributed by atoms with van der Waals surface area (Å²) in [4.78, 5) is 8.09. The topological polar surface area (TPSA) is 76.7 Å². The highest BCUT2D eigenvalue weighted by Gasteiger charge is 2.29. The molecule has 0 unspecified atom stereocenters. The number of aromatic hydroxyl groups is 1. The second kappa shape index (κ2) is 6.62. The summed E-state index contributed by atoms with van der Waals surface area (Å²) in [5.41, 5.74) is 1.95. The summed E-state index contributed by atoms with van der Waals surface area (Å²) in [6, 6.07) is 5.10. The number of halogens is 2. The Morgan fingerprint density at radius 2 is 2.12 bits per heavy atom. The fourth-order valence-electron chi connectivity index (χ4n) is 2.94. The molecule has 26 heavy (non-hydrogen) atoms. The molecule has 2 heterocycles. The normalized spacial score (nSPS) is 21.4. The molecule has 3 aromatic rings. The highest BCUT2D eigenvalue weighted by atomic mass is 19.1. The molecule has 6 nitrogen and oxygen atoms in total. The summed E-state index contributed by atoms with van der Waals surface area (Å²) >= 11 is 0. The van der Waals surface area contributed by atoms with Gasteiger partial charge >= 0.3 is 0 Å². The third kappa shape index (κ3) is 3.17. The Bertz CT molecular complexity index is 941. The average Bonchev–Trinajstić information content (AvgIpc) is 3.26. The SMILES string of the molecule is Oc1cc(-n2ccnc2)ccc1-c1cnc(/C=C2\C[C@@H](F)C[C@H]2F)nn1. The maximum absolute atomic E-state index is 13.7. The van der Waals surface area contributed by atoms with E-state index >= 15 is 0 Å². The van der Waals surface area contributed by atoms with Gasteiger partial charge < -0.3 is 9.67 Å². The molecule has 0 bridgehead atoms. The number of phenols is 1. The number of benzene rings is 1. The van der Waals surface area contributed by atoms with Crippen LogP contribution in [-0.4, -0.2) is 42.2 Å². The lowest BCUT2D eigenvalue weighted by Gasteiger charge is -2.07. The molecule has 4 rings (SSSR count). The summed E-state index contributed by atoms with van der Waals surface area (Å²) in [7, 11) is 0. The summed E-state index contributed by atoms with van der Waals surface area (Å²) in [6.45, 7) is 0. The van der Waals surface area contributed by atoms with E-state index < -0.39 is 12.3 Å². The van der Waals surface area contributed by atoms with E-state index in [0.717, 1.165) is 5.69 Å². The van der Waals surface area contributed by atoms with Gasteiger partial charge in [0.1, 0.15) is 23.8 Å². The lowest BCUT2D eigenvalue weighted by atomic mass is 10.1. The van der Waals surface area contributed by atoms with E-state index in [1.165, 1.54) is 12.3 Å². The minimum Gasteiger partial charge on any atom is -0.507 e. The summed E-state index contributed by atoms with van der Waals surface area (Å²) in [5, 5.41) is 18.2. The van der Waals surface area contributed by atoms with Crippen molar-refractivity contribution in [2.45, 2.75) is 25.2 Å². The summed E-state index contributed by atoms with van der Waals surface area (Å²) < 4.78 is 28.6. The molecule has 0 spiro atoms. The first-order valence-corrected chi connectivity index (χ1v) is 8.10. The van der Waals surface area contributed by atoms with E-state index in [1.54, 1.807) is 35.4 Å². The monoisotopic (exact) mass is 355 g/mol. The Labute approximate surface area is 147 Å². The first kappa shape index (κ1) is 16.3. The van der Waals surface area contributed by atoms with Gasteiger partial charge in [-0.25, -0.2) is 18.7 Å². The van der Waals surface area contributed by atoms with Crippen LogP contribution in [0.2, 0.25) is 0 Å². The van der Waals surface area contributed by atoms with Crippen LogP contribution < -0.4 is 0 Å². The molecular formula is C18H15F2N5O. The highest BCUT2D eigenvalue weighted by molar-refractivity contribution is 5.68. The quantitative estimate of drug-likeness (QED) is 0.780. The van der Waals surface area contributed by atoms with Gasteiger partial charge in [0.2, 0.25) is 0 Å². The summed E-state index contributed by atoms with van der Waals surface area (Å²) in [6.07, 6.45) is 5.40. The zero-order chi connectivity index (χ0) is 18.1. The third-order valence-electron chi connectivity index (χ3n) is 4.28. The van der Waals surface area contributed by atoms with E-state index in [1.807, 2.05) is 6.07 Å². The first-order valence-electron chi connectivity index (χ1n) is 8.10. The van der Waals surface area contributed by atoms with Gasteiger partial charge in [-0.3, -0.25) is 0 Å². The van der Waals surface area contributed by atoms with Gasteiger partial charge in [0.05, 0.1) is 18.2 Å². The zero-order valence-electron chi connectivity index (χ0n) is 13.6. The van der Waals surface area contributed by atoms with Crippen molar-refractivity contribution in [2.75, 3.05) is 0 Å². The van der Waals surface area contributed by atoms with Gasteiger partial charge in [0, 0.05) is 36.9 Å². The van der Waals surface area contributed by atoms with Crippen LogP contribution in [0.5, 0.6) is 5.75 Å². The number of hydrogen-bond acceptors (Lipinski definition) is 5. The molecule has 1 aliphatic rings. The highest BCUT2D eigenvalue weighted by Crippen LogP contribution is 2.32. The van der Waals surface area contributed by atoms with Crippen molar-refractivity contribution < 1.29 is 13.9 Å². The number of hydrogen-bond donors (Lipinski definition) is 1. The Balaban J connectivity index is 1.58. The predicted molar refractivity (Wildman–Crippen MR) is 91.1 cm³/mol. The molecule has 0 amide bonds. The Kier molecular flexibility index (Phi) is 4.16. The van der Waals surface area contributed by atoms with Crippen molar-refractivity contribution >= 4 is 6.08 Å². The Morgan fingerprint density at radius 3 is 2.73 bits per heavy atom. The molecule has 1 aliphatic carbocycles. The summed E-state index contributed by atoms with van der Waals surface area (Å²) in [5.74, 6) is 0.244. The smallest absolute Gasteiger partial charge is 0.174 e. The standard InChI is InChI=1S/C18H15F2N5O/c19-12-5-11(15(20)7-12)6-18-22-9-16(23-24-18)14-2-1-13(8-17(14)26)25-4-3-21-10-25/h1-4,6,8-10,12,15,26H,5,7H2/b11-6+/t12-,15-/m1/s1. The molecule has 1 aromatic carbocycles. The molecule has 0 aliphatic heterocycles. The van der Waals surface area contributed by atoms with Crippen LogP contribution in [0.3, 0.4) is 0 Å². The fraction of sp³-hybridized carbons (Fsp3) is 0.222. The minimum absolute atomic E-state index is 0.0262. The Morgan fingerprint density at radius 1 is 1.23 bits per heavy atom. The number of imidazole rings is 1. The van der Waals surface area contributed by atoms with Crippen molar-refractivity contribution in [1.82, 2.24) is 24.7 Å². The Hall–Kier alpha value is -3.16. The molecule has 1 fully saturated rings. The lowest BCUT2D eigenvalue weighted by Crippen LogP contribution is -1.99. The van der Waals surface area contributed by atoms with Crippen LogP contribution in [0, 0.1) is 0 Å². The molecule has 0 radical (unpaired) electrons. The van der Waals surface area contributed by atoms with Crippen molar-refractivity contribution in [3.63, 3.8) is 0 Å². The molecule has 8 heteroatoms. The van der Waals surface area contributed by atoms with Crippen LogP contribution in [-0.2, 0) is 0 Å². The largest absolute Gasteiger partial charge is 0.507 e. The van der Waals surface area contributed by atoms with E-state index in [4.69, 9.17) is 0 Å². The predicted octanol–water partition coefficient (Wildman–Crippen LogP) is 3.28. The van der Waals surface area contributed by atoms with Crippen molar-refractivity contribution in [1.29, 1.82) is 0 Å². The van der Waals surface area contributed by atoms with E-state index in [0.29, 0.717) is 16.8 Å². The van der Waals surface area contributed by atoms with E-state index in [9.17, 15) is 13.9 Å². The van der Waals surface area contributed by atoms with E-state index in [2.05, 4.69) is 20.2 Å². The maximum Gasteiger partial charge on any atom is 0.174 e. The van der Waals surface area contributed by atoms with Gasteiger partial charge in [-0.15, -0.1) is 10.2 Å². The van der Waals surface area contributed by atoms with Crippen LogP contribution in [0.25, 0.3) is 23.0 Å². The van der Waals surface area contributed by atoms with Crippen molar-refractivity contribution in [2.24, 2.45) is 0 Å². The van der Waals surface area contributed by atoms with Gasteiger partial charge in [0.15, 0.2) is 5.82 Å². The molecule has 132 valence electrons. The molecule has 1 saturated carbocycles. The number of allylic oxidation sites excluding steroid dienone is 1. The number of aromatic nitrogens is 5. The van der Waals surface area contributed by atoms with Crippen LogP contribution >= 0.6 is 0 Å². The molecule has 2 aromatic heterocycles. The first-order chi connectivity index (χ1) is 12.6. The van der Waals surface area contributed by atoms with E-state index in [-0.39, 0.29) is 24.4 Å². The van der Waals surface area contributed by atoms with Gasteiger partial charge in [0.25, 0.3) is 0 Å². The van der Waals surface area contributed by atoms with Gasteiger partial charge in [-0.1, -0.05) is 0 Å². The van der Waals surface area contributed by atoms with Gasteiger partial charge in [-0.2, -0.15) is 0 Å². The number of nitrogens with zero attached hydrogens (tertiary/aromatic N) is 5. The van der Waals surface area contributed by atoms with Crippen LogP contribution in [0.4, 0.5) is 8.78 Å². The number of rotatable bonds is 3. The second-order valence-corrected chi connectivity index (χ2v) is 6.10. The van der Waals surface area contributed by atoms with Crippen LogP contribution in [0.15, 0.2) is 48.7 Å². The zero-order valence-corrected chi connectivity index (χ0v) is 13.6. The molecule has 2 atom stereocenters. The molecule has 1 N–H and O–H groups in total. The number of phenolic OH excluding ortho intramolecular Hbond substituents is 1. The van der Waals surface area contributed by atoms with Gasteiger partial charge in [-0.05, 0) is 23.8 Å². The fourth-order valence-corrected chi connectivity index (χ4v) is 2.94. The minimum atomic E-state index is -1.30. The average molecular weight is 355 g/mol.